The number of hydrogen-bond acceptors (Lipinski definition) is 5. The van der Waals surface area contributed by atoms with Crippen molar-refractivity contribution in [2.45, 2.75) is 60.0 Å². The molecule has 2 heterocycles. The Labute approximate surface area is 254 Å². The standard InChI is InChI=1S/C34H44N6O3/c1-6-43-30(17-33(42)37-19-23(4)5)34-38-21-29(40-34)27-13-9-25(10-14-27)24-7-11-26(12-8-24)28-20-35-31(39-28)15-16-32(41)36-18-22(2)3/h7-14,20-23,30H,6,15-19H2,1-5H3,(H,35,39)(H,36,41)(H,37,42)(H,38,40)/t30-/m1/s1. The third kappa shape index (κ3) is 9.38. The predicted molar refractivity (Wildman–Crippen MR) is 170 cm³/mol. The Morgan fingerprint density at radius 3 is 1.81 bits per heavy atom. The zero-order valence-electron chi connectivity index (χ0n) is 25.9. The molecular formula is C34H44N6O3. The average molecular weight is 585 g/mol. The molecule has 0 radical (unpaired) electrons. The molecule has 0 unspecified atom stereocenters. The summed E-state index contributed by atoms with van der Waals surface area (Å²) in [6.45, 7) is 12.0. The summed E-state index contributed by atoms with van der Waals surface area (Å²) in [5, 5.41) is 5.90. The van der Waals surface area contributed by atoms with E-state index in [1.54, 1.807) is 0 Å². The van der Waals surface area contributed by atoms with Crippen LogP contribution in [0, 0.1) is 11.8 Å². The summed E-state index contributed by atoms with van der Waals surface area (Å²) in [5.74, 6) is 2.27. The van der Waals surface area contributed by atoms with Crippen molar-refractivity contribution in [2.24, 2.45) is 11.8 Å². The third-order valence-corrected chi connectivity index (χ3v) is 6.97. The number of amides is 2. The first-order valence-electron chi connectivity index (χ1n) is 15.2. The Hall–Kier alpha value is -4.24. The van der Waals surface area contributed by atoms with Gasteiger partial charge in [0.05, 0.1) is 17.8 Å². The van der Waals surface area contributed by atoms with Crippen LogP contribution in [0.4, 0.5) is 0 Å². The molecule has 9 heteroatoms. The Morgan fingerprint density at radius 1 is 0.744 bits per heavy atom. The minimum Gasteiger partial charge on any atom is -0.370 e. The Kier molecular flexibility index (Phi) is 11.3. The number of rotatable bonds is 15. The third-order valence-electron chi connectivity index (χ3n) is 6.97. The second-order valence-corrected chi connectivity index (χ2v) is 11.6. The number of nitrogens with one attached hydrogen (secondary N) is 4. The average Bonchev–Trinajstić information content (AvgIpc) is 3.69. The van der Waals surface area contributed by atoms with Gasteiger partial charge in [0, 0.05) is 56.1 Å². The van der Waals surface area contributed by atoms with E-state index in [1.165, 1.54) is 0 Å². The number of benzene rings is 2. The molecule has 0 saturated carbocycles. The molecule has 0 aliphatic carbocycles. The lowest BCUT2D eigenvalue weighted by Gasteiger charge is -2.15. The van der Waals surface area contributed by atoms with Crippen LogP contribution in [0.1, 0.15) is 65.2 Å². The van der Waals surface area contributed by atoms with Crippen molar-refractivity contribution in [3.8, 4) is 33.6 Å². The van der Waals surface area contributed by atoms with Gasteiger partial charge in [-0.15, -0.1) is 0 Å². The van der Waals surface area contributed by atoms with Gasteiger partial charge in [-0.05, 0) is 29.9 Å². The summed E-state index contributed by atoms with van der Waals surface area (Å²) >= 11 is 0. The summed E-state index contributed by atoms with van der Waals surface area (Å²) in [5.41, 5.74) is 5.84. The maximum absolute atomic E-state index is 12.4. The summed E-state index contributed by atoms with van der Waals surface area (Å²) in [7, 11) is 0. The molecule has 0 aliphatic heterocycles. The van der Waals surface area contributed by atoms with Crippen LogP contribution in [-0.2, 0) is 20.7 Å². The fourth-order valence-corrected chi connectivity index (χ4v) is 4.59. The van der Waals surface area contributed by atoms with E-state index < -0.39 is 6.10 Å². The molecule has 0 saturated heterocycles. The molecule has 1 atom stereocenters. The number of H-pyrrole nitrogens is 2. The van der Waals surface area contributed by atoms with Gasteiger partial charge in [0.25, 0.3) is 0 Å². The van der Waals surface area contributed by atoms with Gasteiger partial charge in [0.2, 0.25) is 11.8 Å². The highest BCUT2D eigenvalue weighted by atomic mass is 16.5. The number of imidazole rings is 2. The number of aromatic nitrogens is 4. The molecule has 2 amide bonds. The van der Waals surface area contributed by atoms with Gasteiger partial charge >= 0.3 is 0 Å². The SMILES string of the molecule is CCO[C@H](CC(=O)NCC(C)C)c1nc(-c2ccc(-c3ccc(-c4c[nH]c(CCC(=O)NCC(C)C)n4)cc3)cc2)c[nH]1. The summed E-state index contributed by atoms with van der Waals surface area (Å²) in [4.78, 5) is 40.2. The van der Waals surface area contributed by atoms with Crippen LogP contribution in [-0.4, -0.2) is 51.4 Å². The van der Waals surface area contributed by atoms with E-state index in [-0.39, 0.29) is 18.2 Å². The van der Waals surface area contributed by atoms with Gasteiger partial charge < -0.3 is 25.3 Å². The van der Waals surface area contributed by atoms with Crippen molar-refractivity contribution >= 4 is 11.8 Å². The molecule has 4 aromatic rings. The first-order valence-corrected chi connectivity index (χ1v) is 15.2. The first-order chi connectivity index (χ1) is 20.7. The lowest BCUT2D eigenvalue weighted by Crippen LogP contribution is -2.29. The van der Waals surface area contributed by atoms with Crippen LogP contribution in [0.25, 0.3) is 33.6 Å². The van der Waals surface area contributed by atoms with Crippen LogP contribution < -0.4 is 10.6 Å². The van der Waals surface area contributed by atoms with Crippen molar-refractivity contribution in [3.63, 3.8) is 0 Å². The van der Waals surface area contributed by atoms with Gasteiger partial charge in [-0.25, -0.2) is 9.97 Å². The van der Waals surface area contributed by atoms with E-state index >= 15 is 0 Å². The van der Waals surface area contributed by atoms with E-state index in [4.69, 9.17) is 9.72 Å². The normalized spacial score (nSPS) is 12.1. The maximum atomic E-state index is 12.4. The zero-order valence-corrected chi connectivity index (χ0v) is 25.9. The highest BCUT2D eigenvalue weighted by Crippen LogP contribution is 2.28. The zero-order chi connectivity index (χ0) is 30.8. The van der Waals surface area contributed by atoms with Crippen molar-refractivity contribution in [1.29, 1.82) is 0 Å². The summed E-state index contributed by atoms with van der Waals surface area (Å²) in [6.07, 6.45) is 4.52. The minimum absolute atomic E-state index is 0.0465. The predicted octanol–water partition coefficient (Wildman–Crippen LogP) is 6.08. The molecule has 228 valence electrons. The number of hydrogen-bond donors (Lipinski definition) is 4. The Balaban J connectivity index is 1.36. The van der Waals surface area contributed by atoms with Gasteiger partial charge in [-0.1, -0.05) is 76.2 Å². The number of carbonyl (C=O) groups excluding carboxylic acids is 2. The molecule has 43 heavy (non-hydrogen) atoms. The smallest absolute Gasteiger partial charge is 0.223 e. The van der Waals surface area contributed by atoms with Crippen molar-refractivity contribution in [3.05, 3.63) is 72.6 Å². The van der Waals surface area contributed by atoms with Crippen molar-refractivity contribution in [1.82, 2.24) is 30.6 Å². The number of aryl methyl sites for hydroxylation is 1. The van der Waals surface area contributed by atoms with Crippen molar-refractivity contribution in [2.75, 3.05) is 19.7 Å². The quantitative estimate of drug-likeness (QED) is 0.135. The molecule has 9 nitrogen and oxygen atoms in total. The first kappa shape index (κ1) is 31.7. The molecule has 4 N–H and O–H groups in total. The number of aromatic amines is 2. The lowest BCUT2D eigenvalue weighted by atomic mass is 10.0. The molecule has 0 bridgehead atoms. The molecule has 4 rings (SSSR count). The van der Waals surface area contributed by atoms with Gasteiger partial charge in [0.1, 0.15) is 17.8 Å². The van der Waals surface area contributed by atoms with Gasteiger partial charge in [-0.2, -0.15) is 0 Å². The Morgan fingerprint density at radius 2 is 1.26 bits per heavy atom. The van der Waals surface area contributed by atoms with Gasteiger partial charge in [-0.3, -0.25) is 9.59 Å². The molecule has 0 fully saturated rings. The van der Waals surface area contributed by atoms with Crippen LogP contribution in [0.5, 0.6) is 0 Å². The second kappa shape index (κ2) is 15.3. The van der Waals surface area contributed by atoms with Crippen LogP contribution in [0.15, 0.2) is 60.9 Å². The maximum Gasteiger partial charge on any atom is 0.223 e. The van der Waals surface area contributed by atoms with E-state index in [0.717, 1.165) is 39.5 Å². The number of nitrogens with zero attached hydrogens (tertiary/aromatic N) is 2. The lowest BCUT2D eigenvalue weighted by molar-refractivity contribution is -0.124. The van der Waals surface area contributed by atoms with E-state index in [9.17, 15) is 9.59 Å². The summed E-state index contributed by atoms with van der Waals surface area (Å²) in [6, 6.07) is 16.5. The number of carbonyl (C=O) groups is 2. The topological polar surface area (TPSA) is 125 Å². The monoisotopic (exact) mass is 584 g/mol. The Bertz CT molecular complexity index is 1450. The highest BCUT2D eigenvalue weighted by molar-refractivity contribution is 5.77. The molecule has 2 aromatic heterocycles. The molecular weight excluding hydrogens is 540 g/mol. The fourth-order valence-electron chi connectivity index (χ4n) is 4.59. The largest absolute Gasteiger partial charge is 0.370 e. The van der Waals surface area contributed by atoms with E-state index in [2.05, 4.69) is 89.7 Å². The molecule has 0 spiro atoms. The van der Waals surface area contributed by atoms with Crippen LogP contribution in [0.2, 0.25) is 0 Å². The van der Waals surface area contributed by atoms with E-state index in [0.29, 0.717) is 50.2 Å². The van der Waals surface area contributed by atoms with Crippen LogP contribution >= 0.6 is 0 Å². The summed E-state index contributed by atoms with van der Waals surface area (Å²) < 4.78 is 5.83. The van der Waals surface area contributed by atoms with Gasteiger partial charge in [0.15, 0.2) is 0 Å². The number of ether oxygens (including phenoxy) is 1. The van der Waals surface area contributed by atoms with Crippen molar-refractivity contribution < 1.29 is 14.3 Å². The minimum atomic E-state index is -0.427. The van der Waals surface area contributed by atoms with Crippen LogP contribution in [0.3, 0.4) is 0 Å². The fraction of sp³-hybridized carbons (Fsp3) is 0.412. The highest BCUT2D eigenvalue weighted by Gasteiger charge is 2.20. The molecule has 0 aliphatic rings. The van der Waals surface area contributed by atoms with E-state index in [1.807, 2.05) is 31.5 Å². The molecule has 2 aromatic carbocycles. The second-order valence-electron chi connectivity index (χ2n) is 11.6.